The van der Waals surface area contributed by atoms with Crippen LogP contribution in [0.1, 0.15) is 21.6 Å². The van der Waals surface area contributed by atoms with Gasteiger partial charge >= 0.3 is 0 Å². The molecule has 0 unspecified atom stereocenters. The van der Waals surface area contributed by atoms with Gasteiger partial charge in [-0.15, -0.1) is 0 Å². The molecule has 1 fully saturated rings. The molecule has 8 heteroatoms. The van der Waals surface area contributed by atoms with Crippen molar-refractivity contribution in [3.8, 4) is 11.8 Å². The average molecular weight is 436 g/mol. The number of carbonyl (C=O) groups is 1. The molecule has 4 rings (SSSR count). The Labute approximate surface area is 184 Å². The van der Waals surface area contributed by atoms with E-state index in [1.807, 2.05) is 35.4 Å². The molecule has 1 aromatic heterocycles. The molecule has 0 aliphatic carbocycles. The Bertz CT molecular complexity index is 1100. The molecule has 1 saturated heterocycles. The van der Waals surface area contributed by atoms with Crippen LogP contribution in [0.2, 0.25) is 0 Å². The maximum absolute atomic E-state index is 13.4. The number of imidazole rings is 1. The minimum absolute atomic E-state index is 0.0739. The van der Waals surface area contributed by atoms with Crippen LogP contribution in [0.15, 0.2) is 59.9 Å². The summed E-state index contributed by atoms with van der Waals surface area (Å²) in [5.41, 5.74) is 3.00. The first-order chi connectivity index (χ1) is 15.1. The number of nitriles is 1. The number of piperazine rings is 1. The molecule has 1 aliphatic heterocycles. The quantitative estimate of drug-likeness (QED) is 0.574. The predicted molar refractivity (Wildman–Crippen MR) is 118 cm³/mol. The fraction of sp³-hybridized carbons (Fsp3) is 0.261. The lowest BCUT2D eigenvalue weighted by molar-refractivity contribution is 0.0620. The van der Waals surface area contributed by atoms with Crippen LogP contribution < -0.4 is 0 Å². The molecule has 3 aromatic rings. The van der Waals surface area contributed by atoms with Crippen LogP contribution in [0, 0.1) is 17.1 Å². The zero-order valence-electron chi connectivity index (χ0n) is 17.2. The number of hydrogen-bond acceptors (Lipinski definition) is 5. The SMILES string of the molecule is CSc1ncc(C(=O)N2CCN(Cc3ccc(C#N)cc3)CC2)n1-c1ccc(F)cc1. The molecule has 0 N–H and O–H groups in total. The van der Waals surface area contributed by atoms with E-state index in [0.717, 1.165) is 25.2 Å². The molecule has 0 bridgehead atoms. The van der Waals surface area contributed by atoms with Crippen molar-refractivity contribution >= 4 is 17.7 Å². The molecular formula is C23H22FN5OS. The van der Waals surface area contributed by atoms with Gasteiger partial charge in [-0.1, -0.05) is 23.9 Å². The monoisotopic (exact) mass is 435 g/mol. The third kappa shape index (κ3) is 4.63. The molecule has 158 valence electrons. The van der Waals surface area contributed by atoms with Crippen LogP contribution in [-0.2, 0) is 6.54 Å². The van der Waals surface area contributed by atoms with Gasteiger partial charge in [-0.25, -0.2) is 9.37 Å². The highest BCUT2D eigenvalue weighted by Gasteiger charge is 2.26. The van der Waals surface area contributed by atoms with E-state index in [2.05, 4.69) is 16.0 Å². The molecule has 31 heavy (non-hydrogen) atoms. The zero-order valence-corrected chi connectivity index (χ0v) is 18.0. The highest BCUT2D eigenvalue weighted by atomic mass is 32.2. The van der Waals surface area contributed by atoms with Crippen LogP contribution in [0.5, 0.6) is 0 Å². The lowest BCUT2D eigenvalue weighted by Gasteiger charge is -2.34. The predicted octanol–water partition coefficient (Wildman–Crippen LogP) is 3.56. The summed E-state index contributed by atoms with van der Waals surface area (Å²) < 4.78 is 15.2. The van der Waals surface area contributed by atoms with Crippen molar-refractivity contribution in [1.82, 2.24) is 19.4 Å². The van der Waals surface area contributed by atoms with Crippen molar-refractivity contribution in [3.05, 3.63) is 77.4 Å². The largest absolute Gasteiger partial charge is 0.335 e. The number of halogens is 1. The minimum Gasteiger partial charge on any atom is -0.335 e. The van der Waals surface area contributed by atoms with Gasteiger partial charge in [-0.2, -0.15) is 5.26 Å². The van der Waals surface area contributed by atoms with Crippen molar-refractivity contribution in [1.29, 1.82) is 5.26 Å². The van der Waals surface area contributed by atoms with E-state index in [0.29, 0.717) is 35.2 Å². The number of carbonyl (C=O) groups excluding carboxylic acids is 1. The van der Waals surface area contributed by atoms with Gasteiger partial charge in [0.15, 0.2) is 5.16 Å². The van der Waals surface area contributed by atoms with E-state index in [9.17, 15) is 9.18 Å². The van der Waals surface area contributed by atoms with Gasteiger partial charge in [0.25, 0.3) is 5.91 Å². The van der Waals surface area contributed by atoms with Gasteiger partial charge in [0, 0.05) is 38.4 Å². The summed E-state index contributed by atoms with van der Waals surface area (Å²) in [6.07, 6.45) is 3.50. The average Bonchev–Trinajstić information content (AvgIpc) is 3.24. The van der Waals surface area contributed by atoms with Crippen LogP contribution >= 0.6 is 11.8 Å². The van der Waals surface area contributed by atoms with Crippen LogP contribution in [0.3, 0.4) is 0 Å². The number of rotatable bonds is 5. The van der Waals surface area contributed by atoms with E-state index < -0.39 is 0 Å². The minimum atomic E-state index is -0.319. The second kappa shape index (κ2) is 9.33. The Morgan fingerprint density at radius 2 is 1.77 bits per heavy atom. The molecule has 0 radical (unpaired) electrons. The molecular weight excluding hydrogens is 413 g/mol. The fourth-order valence-corrected chi connectivity index (χ4v) is 4.23. The smallest absolute Gasteiger partial charge is 0.272 e. The number of hydrogen-bond donors (Lipinski definition) is 0. The summed E-state index contributed by atoms with van der Waals surface area (Å²) in [5, 5.41) is 9.61. The third-order valence-corrected chi connectivity index (χ3v) is 6.02. The van der Waals surface area contributed by atoms with Crippen molar-refractivity contribution in [3.63, 3.8) is 0 Å². The Hall–Kier alpha value is -3.15. The Kier molecular flexibility index (Phi) is 6.35. The zero-order chi connectivity index (χ0) is 21.8. The second-order valence-electron chi connectivity index (χ2n) is 7.32. The molecule has 6 nitrogen and oxygen atoms in total. The van der Waals surface area contributed by atoms with Crippen LogP contribution in [0.4, 0.5) is 4.39 Å². The molecule has 2 heterocycles. The van der Waals surface area contributed by atoms with E-state index in [1.54, 1.807) is 22.9 Å². The molecule has 1 amide bonds. The number of aromatic nitrogens is 2. The molecule has 0 atom stereocenters. The lowest BCUT2D eigenvalue weighted by atomic mass is 10.1. The van der Waals surface area contributed by atoms with Gasteiger partial charge in [0.1, 0.15) is 11.5 Å². The van der Waals surface area contributed by atoms with Gasteiger partial charge in [0.05, 0.1) is 17.8 Å². The normalized spacial score (nSPS) is 14.4. The molecule has 0 spiro atoms. The summed E-state index contributed by atoms with van der Waals surface area (Å²) in [6.45, 7) is 3.58. The number of thioether (sulfide) groups is 1. The maximum Gasteiger partial charge on any atom is 0.272 e. The van der Waals surface area contributed by atoms with E-state index in [1.165, 1.54) is 23.9 Å². The summed E-state index contributed by atoms with van der Waals surface area (Å²) in [6, 6.07) is 15.8. The Balaban J connectivity index is 1.44. The van der Waals surface area contributed by atoms with Gasteiger partial charge in [-0.3, -0.25) is 14.3 Å². The number of benzene rings is 2. The van der Waals surface area contributed by atoms with Crippen molar-refractivity contribution in [2.24, 2.45) is 0 Å². The van der Waals surface area contributed by atoms with Crippen molar-refractivity contribution < 1.29 is 9.18 Å². The van der Waals surface area contributed by atoms with E-state index >= 15 is 0 Å². The van der Waals surface area contributed by atoms with Gasteiger partial charge in [-0.05, 0) is 48.2 Å². The first-order valence-electron chi connectivity index (χ1n) is 9.97. The van der Waals surface area contributed by atoms with Crippen LogP contribution in [-0.4, -0.2) is 57.7 Å². The first kappa shape index (κ1) is 21.1. The van der Waals surface area contributed by atoms with Gasteiger partial charge < -0.3 is 4.90 Å². The highest BCUT2D eigenvalue weighted by Crippen LogP contribution is 2.23. The van der Waals surface area contributed by atoms with Crippen LogP contribution in [0.25, 0.3) is 5.69 Å². The fourth-order valence-electron chi connectivity index (χ4n) is 3.68. The van der Waals surface area contributed by atoms with Crippen molar-refractivity contribution in [2.75, 3.05) is 32.4 Å². The third-order valence-electron chi connectivity index (χ3n) is 5.36. The van der Waals surface area contributed by atoms with Gasteiger partial charge in [0.2, 0.25) is 0 Å². The second-order valence-corrected chi connectivity index (χ2v) is 8.09. The highest BCUT2D eigenvalue weighted by molar-refractivity contribution is 7.98. The standard InChI is InChI=1S/C23H22FN5OS/c1-31-23-26-15-21(29(23)20-8-6-19(24)7-9-20)22(30)28-12-10-27(11-13-28)16-18-4-2-17(14-25)3-5-18/h2-9,15H,10-13,16H2,1H3. The topological polar surface area (TPSA) is 65.2 Å². The lowest BCUT2D eigenvalue weighted by Crippen LogP contribution is -2.48. The summed E-state index contributed by atoms with van der Waals surface area (Å²) in [5.74, 6) is -0.393. The first-order valence-corrected chi connectivity index (χ1v) is 11.2. The summed E-state index contributed by atoms with van der Waals surface area (Å²) in [4.78, 5) is 21.8. The molecule has 2 aromatic carbocycles. The van der Waals surface area contributed by atoms with Crippen molar-refractivity contribution in [2.45, 2.75) is 11.7 Å². The van der Waals surface area contributed by atoms with E-state index in [4.69, 9.17) is 5.26 Å². The maximum atomic E-state index is 13.4. The Morgan fingerprint density at radius 1 is 1.10 bits per heavy atom. The summed E-state index contributed by atoms with van der Waals surface area (Å²) >= 11 is 1.44. The molecule has 1 aliphatic rings. The number of nitrogens with zero attached hydrogens (tertiary/aromatic N) is 5. The number of amides is 1. The van der Waals surface area contributed by atoms with E-state index in [-0.39, 0.29) is 11.7 Å². The summed E-state index contributed by atoms with van der Waals surface area (Å²) in [7, 11) is 0. The molecule has 0 saturated carbocycles. The Morgan fingerprint density at radius 3 is 2.39 bits per heavy atom.